The number of sulfone groups is 3. The van der Waals surface area contributed by atoms with Crippen LogP contribution < -0.4 is 30.2 Å². The van der Waals surface area contributed by atoms with E-state index < -0.39 is 150 Å². The number of anilines is 6. The fraction of sp³-hybridized carbons (Fsp3) is 0.194. The van der Waals surface area contributed by atoms with Gasteiger partial charge in [0.25, 0.3) is 0 Å². The second-order valence-corrected chi connectivity index (χ2v) is 40.5. The van der Waals surface area contributed by atoms with Crippen LogP contribution in [0, 0.1) is 17.5 Å². The first-order chi connectivity index (χ1) is 65.7. The van der Waals surface area contributed by atoms with Crippen molar-refractivity contribution in [1.82, 2.24) is 44.6 Å². The summed E-state index contributed by atoms with van der Waals surface area (Å²) in [5, 5.41) is 12.1. The summed E-state index contributed by atoms with van der Waals surface area (Å²) in [7, 11) is -16.8. The number of rotatable bonds is 42. The summed E-state index contributed by atoms with van der Waals surface area (Å²) in [6, 6.07) is 57.6. The monoisotopic (exact) mass is 2010 g/mol. The van der Waals surface area contributed by atoms with E-state index in [1.807, 2.05) is 0 Å². The van der Waals surface area contributed by atoms with E-state index in [1.54, 1.807) is 164 Å². The predicted octanol–water partition coefficient (Wildman–Crippen LogP) is 20.0. The molecule has 0 spiro atoms. The highest BCUT2D eigenvalue weighted by atomic mass is 35.5. The maximum atomic E-state index is 14.9. The van der Waals surface area contributed by atoms with E-state index in [-0.39, 0.29) is 69.5 Å². The molecule has 0 unspecified atom stereocenters. The highest BCUT2D eigenvalue weighted by molar-refractivity contribution is 7.91. The summed E-state index contributed by atoms with van der Waals surface area (Å²) in [5.41, 5.74) is 6.47. The van der Waals surface area contributed by atoms with Crippen molar-refractivity contribution in [2.75, 3.05) is 92.0 Å². The number of halogens is 6. The number of phosphoric acid groups is 1. The molecule has 15 aromatic rings. The van der Waals surface area contributed by atoms with E-state index in [9.17, 15) is 57.4 Å². The first-order valence-electron chi connectivity index (χ1n) is 41.3. The Morgan fingerprint density at radius 1 is 0.372 bits per heavy atom. The smallest absolute Gasteiger partial charge is 0.483 e. The number of nitrogens with zero attached hydrogens (tertiary/aromatic N) is 9. The van der Waals surface area contributed by atoms with Gasteiger partial charge >= 0.3 is 26.1 Å². The van der Waals surface area contributed by atoms with Crippen molar-refractivity contribution in [2.24, 2.45) is 0 Å². The van der Waals surface area contributed by atoms with Crippen molar-refractivity contribution in [1.29, 1.82) is 0 Å². The zero-order valence-corrected chi connectivity index (χ0v) is 78.2. The number of phosphoric ester groups is 1. The zero-order valence-electron chi connectivity index (χ0n) is 72.6. The van der Waals surface area contributed by atoms with Crippen LogP contribution in [0.3, 0.4) is 0 Å². The van der Waals surface area contributed by atoms with Gasteiger partial charge in [0, 0.05) is 88.3 Å². The minimum absolute atomic E-state index is 0.0581. The van der Waals surface area contributed by atoms with Gasteiger partial charge in [-0.3, -0.25) is 14.7 Å². The molecule has 0 atom stereocenters. The standard InChI is InChI=1S/C93H81Cl3F3N12O22PS3/c1-135(116,117)34-31-109(46-70-19-28-82(131-70)61-13-22-79-73(40-61)88(103-52-100-79)106-67-16-25-85(76(94)43-67)122-49-58-7-4-10-64(97)37-58)91(112)125-55-128-134(115,129-56-126-92(113)110(32-35-136(2,118)119)47-71-20-29-83(132-71)62-14-23-80-74(41-62)89(104-53-101-80)107-68-17-26-86(77(95)44-68)123-50-59-8-5-11-65(98)38-59)130-57-127-93(114)111(33-36-137(3,120)121)48-72-21-30-84(133-72)63-15-24-81-75(42-63)90(105-54-102-81)108-69-18-27-87(78(96)45-69)124-51-60-9-6-12-66(99)39-60/h4-30,37-45,52-54H,31-36,46-51,55-57H2,1-3H3,(H,100,103,106)(H,101,104,107)(H,102,105,108). The van der Waals surface area contributed by atoms with Crippen molar-refractivity contribution in [3.8, 4) is 51.2 Å². The van der Waals surface area contributed by atoms with Gasteiger partial charge in [0.15, 0.2) is 0 Å². The Labute approximate surface area is 796 Å². The minimum atomic E-state index is -5.41. The molecule has 0 radical (unpaired) electrons. The number of hydrogen-bond acceptors (Lipinski definition) is 31. The first-order valence-corrected chi connectivity index (χ1v) is 50.1. The number of ether oxygens (including phenoxy) is 6. The highest BCUT2D eigenvalue weighted by Crippen LogP contribution is 2.50. The molecule has 6 aromatic heterocycles. The topological polar surface area (TPSA) is 416 Å². The molecule has 137 heavy (non-hydrogen) atoms. The first kappa shape index (κ1) is 97.6. The lowest BCUT2D eigenvalue weighted by atomic mass is 10.1. The third kappa shape index (κ3) is 27.5. The lowest BCUT2D eigenvalue weighted by Crippen LogP contribution is -2.36. The summed E-state index contributed by atoms with van der Waals surface area (Å²) in [6.45, 7) is -6.76. The third-order valence-corrected chi connectivity index (χ3v) is 25.3. The average molecular weight is 2010 g/mol. The molecular formula is C93H81Cl3F3N12O22PS3. The van der Waals surface area contributed by atoms with Gasteiger partial charge in [-0.05, 0) is 199 Å². The number of aromatic nitrogens is 6. The fourth-order valence-corrected chi connectivity index (χ4v) is 16.7. The van der Waals surface area contributed by atoms with Crippen LogP contribution in [0.1, 0.15) is 34.0 Å². The molecule has 15 rings (SSSR count). The van der Waals surface area contributed by atoms with Crippen LogP contribution in [0.2, 0.25) is 15.1 Å². The van der Waals surface area contributed by atoms with Crippen molar-refractivity contribution in [2.45, 2.75) is 39.5 Å². The molecule has 9 aromatic carbocycles. The molecule has 0 aliphatic heterocycles. The predicted molar refractivity (Wildman–Crippen MR) is 503 cm³/mol. The molecule has 6 heterocycles. The van der Waals surface area contributed by atoms with Crippen molar-refractivity contribution >= 4 is 158 Å². The number of nitrogens with one attached hydrogen (secondary N) is 3. The lowest BCUT2D eigenvalue weighted by Gasteiger charge is -2.24. The molecule has 3 amide bonds. The maximum Gasteiger partial charge on any atom is 0.483 e. The van der Waals surface area contributed by atoms with E-state index in [0.717, 1.165) is 33.5 Å². The van der Waals surface area contributed by atoms with Crippen molar-refractivity contribution in [3.05, 3.63) is 304 Å². The Bertz CT molecular complexity index is 6720. The lowest BCUT2D eigenvalue weighted by molar-refractivity contribution is -0.0432. The molecule has 710 valence electrons. The van der Waals surface area contributed by atoms with Gasteiger partial charge in [-0.25, -0.2) is 101 Å². The zero-order chi connectivity index (χ0) is 96.5. The summed E-state index contributed by atoms with van der Waals surface area (Å²) < 4.78 is 202. The number of carbonyl (C=O) groups excluding carboxylic acids is 3. The Kier molecular flexibility index (Phi) is 31.2. The van der Waals surface area contributed by atoms with Crippen LogP contribution in [0.5, 0.6) is 17.2 Å². The van der Waals surface area contributed by atoms with Crippen LogP contribution in [0.25, 0.3) is 66.7 Å². The molecular weight excluding hydrogens is 1930 g/mol. The summed E-state index contributed by atoms with van der Waals surface area (Å²) in [6.07, 6.45) is 3.01. The Morgan fingerprint density at radius 2 is 0.664 bits per heavy atom. The summed E-state index contributed by atoms with van der Waals surface area (Å²) in [5.74, 6) is 0.196. The number of benzene rings is 9. The van der Waals surface area contributed by atoms with Gasteiger partial charge in [0.2, 0.25) is 20.4 Å². The van der Waals surface area contributed by atoms with Gasteiger partial charge in [-0.2, -0.15) is 0 Å². The molecule has 0 saturated heterocycles. The van der Waals surface area contributed by atoms with E-state index in [4.69, 9.17) is 90.0 Å². The molecule has 3 N–H and O–H groups in total. The molecule has 0 fully saturated rings. The Morgan fingerprint density at radius 3 is 0.934 bits per heavy atom. The summed E-state index contributed by atoms with van der Waals surface area (Å²) in [4.78, 5) is 72.2. The van der Waals surface area contributed by atoms with E-state index in [1.165, 1.54) is 73.6 Å². The SMILES string of the molecule is CS(=O)(=O)CCN(Cc1ccc(-c2ccc3ncnc(Nc4ccc(OCc5cccc(F)c5)c(Cl)c4)c3c2)o1)C(=O)OCOP(=O)(OCOC(=O)N(CCS(C)(=O)=O)Cc1ccc(-c2ccc3ncnc(Nc4ccc(OCc5cccc(F)c5)c(Cl)c4)c3c2)o1)OCOC(=O)N(CCS(C)(=O)=O)Cc1ccc(-c2ccc3ncnc(Nc4ccc(OCc5cccc(F)c5)c(Cl)c4)c3c2)o1. The largest absolute Gasteiger partial charge is 0.487 e. The van der Waals surface area contributed by atoms with Crippen molar-refractivity contribution in [3.63, 3.8) is 0 Å². The summed E-state index contributed by atoms with van der Waals surface area (Å²) >= 11 is 19.9. The quantitative estimate of drug-likeness (QED) is 0.0182. The molecule has 44 heteroatoms. The molecule has 34 nitrogen and oxygen atoms in total. The highest BCUT2D eigenvalue weighted by Gasteiger charge is 2.33. The van der Waals surface area contributed by atoms with Crippen LogP contribution >= 0.6 is 42.6 Å². The number of fused-ring (bicyclic) bond motifs is 3. The number of amides is 3. The number of carbonyl (C=O) groups is 3. The maximum absolute atomic E-state index is 14.9. The van der Waals surface area contributed by atoms with Gasteiger partial charge < -0.3 is 57.6 Å². The Balaban J connectivity index is 0.633. The Hall–Kier alpha value is -13.9. The van der Waals surface area contributed by atoms with Crippen LogP contribution in [-0.2, 0) is 101 Å². The third-order valence-electron chi connectivity index (χ3n) is 20.4. The van der Waals surface area contributed by atoms with Gasteiger partial charge in [0.1, 0.15) is 155 Å². The van der Waals surface area contributed by atoms with Crippen LogP contribution in [0.15, 0.2) is 251 Å². The molecule has 0 aliphatic carbocycles. The van der Waals surface area contributed by atoms with E-state index in [0.29, 0.717) is 118 Å². The normalized spacial score (nSPS) is 11.8. The molecule has 0 aliphatic rings. The molecule has 0 saturated carbocycles. The van der Waals surface area contributed by atoms with Crippen LogP contribution in [-0.4, -0.2) is 164 Å². The number of furan rings is 3. The van der Waals surface area contributed by atoms with E-state index in [2.05, 4.69) is 45.9 Å². The van der Waals surface area contributed by atoms with Gasteiger partial charge in [-0.1, -0.05) is 71.2 Å². The van der Waals surface area contributed by atoms with Gasteiger partial charge in [-0.15, -0.1) is 0 Å². The fourth-order valence-electron chi connectivity index (χ4n) is 13.5. The number of hydrogen-bond donors (Lipinski definition) is 3. The van der Waals surface area contributed by atoms with Gasteiger partial charge in [0.05, 0.1) is 68.5 Å². The molecule has 0 bridgehead atoms. The second-order valence-electron chi connectivity index (χ2n) is 30.8. The van der Waals surface area contributed by atoms with Crippen LogP contribution in [0.4, 0.5) is 62.1 Å². The van der Waals surface area contributed by atoms with Crippen molar-refractivity contribution < 1.29 is 113 Å². The minimum Gasteiger partial charge on any atom is -0.487 e. The second kappa shape index (κ2) is 43.8. The average Bonchev–Trinajstić information content (AvgIpc) is 1.79. The van der Waals surface area contributed by atoms with E-state index >= 15 is 0 Å².